The molecule has 0 aromatic rings. The zero-order chi connectivity index (χ0) is 35.3. The first-order valence-corrected chi connectivity index (χ1v) is 17.9. The topological polar surface area (TPSA) is 118 Å². The maximum absolute atomic E-state index is 14.5. The molecule has 47 heavy (non-hydrogen) atoms. The lowest BCUT2D eigenvalue weighted by molar-refractivity contribution is -0.137. The number of hydrogen-bond acceptors (Lipinski definition) is 8. The first-order valence-electron chi connectivity index (χ1n) is 17.9. The van der Waals surface area contributed by atoms with Gasteiger partial charge in [0.05, 0.1) is 36.8 Å². The third-order valence-electron chi connectivity index (χ3n) is 11.0. The maximum atomic E-state index is 14.5. The normalized spacial score (nSPS) is 25.0. The number of nitrogens with zero attached hydrogens (tertiary/aromatic N) is 1. The van der Waals surface area contributed by atoms with Crippen LogP contribution in [-0.2, 0) is 19.1 Å². The van der Waals surface area contributed by atoms with Gasteiger partial charge >= 0.3 is 0 Å². The third kappa shape index (κ3) is 9.08. The Bertz CT molecular complexity index is 1160. The first kappa shape index (κ1) is 38.3. The number of piperidine rings is 1. The summed E-state index contributed by atoms with van der Waals surface area (Å²) in [6.45, 7) is 32.0. The minimum Gasteiger partial charge on any atom is -0.469 e. The molecule has 4 fully saturated rings. The molecule has 0 bridgehead atoms. The number of ether oxygens (including phenoxy) is 2. The Morgan fingerprint density at radius 2 is 1.60 bits per heavy atom. The Morgan fingerprint density at radius 1 is 0.979 bits per heavy atom. The largest absolute Gasteiger partial charge is 0.469 e. The van der Waals surface area contributed by atoms with E-state index in [9.17, 15) is 9.59 Å². The number of carbonyl (C=O) groups is 2. The fourth-order valence-corrected chi connectivity index (χ4v) is 7.89. The van der Waals surface area contributed by atoms with E-state index in [1.165, 1.54) is 19.3 Å². The summed E-state index contributed by atoms with van der Waals surface area (Å²) in [7, 11) is 1.54. The average Bonchev–Trinajstić information content (AvgIpc) is 3.44. The van der Waals surface area contributed by atoms with Crippen molar-refractivity contribution in [2.45, 2.75) is 124 Å². The van der Waals surface area contributed by atoms with Crippen LogP contribution < -0.4 is 21.7 Å². The van der Waals surface area contributed by atoms with E-state index in [0.29, 0.717) is 48.8 Å². The molecule has 3 aliphatic carbocycles. The Morgan fingerprint density at radius 3 is 2.11 bits per heavy atom. The Kier molecular flexibility index (Phi) is 12.9. The van der Waals surface area contributed by atoms with Gasteiger partial charge in [0.25, 0.3) is 5.95 Å². The minimum absolute atomic E-state index is 0.00734. The van der Waals surface area contributed by atoms with Crippen LogP contribution in [-0.4, -0.2) is 61.0 Å². The van der Waals surface area contributed by atoms with E-state index in [1.54, 1.807) is 7.11 Å². The van der Waals surface area contributed by atoms with Crippen LogP contribution in [0.2, 0.25) is 0 Å². The Balaban J connectivity index is 0.00000294. The molecule has 4 unspecified atom stereocenters. The summed E-state index contributed by atoms with van der Waals surface area (Å²) >= 11 is 0. The van der Waals surface area contributed by atoms with Gasteiger partial charge in [0.2, 0.25) is 5.91 Å². The summed E-state index contributed by atoms with van der Waals surface area (Å²) in [6, 6.07) is -1.24. The van der Waals surface area contributed by atoms with Crippen molar-refractivity contribution in [2.75, 3.05) is 20.3 Å². The highest BCUT2D eigenvalue weighted by atomic mass is 16.7. The van der Waals surface area contributed by atoms with Gasteiger partial charge in [-0.05, 0) is 60.3 Å². The summed E-state index contributed by atoms with van der Waals surface area (Å²) in [5, 5.41) is 10.5. The van der Waals surface area contributed by atoms with Crippen LogP contribution in [0.25, 0.3) is 0 Å². The van der Waals surface area contributed by atoms with E-state index >= 15 is 0 Å². The van der Waals surface area contributed by atoms with Crippen LogP contribution in [0.3, 0.4) is 0 Å². The average molecular weight is 656 g/mol. The van der Waals surface area contributed by atoms with E-state index in [2.05, 4.69) is 76.9 Å². The molecule has 4 rings (SSSR count). The highest BCUT2D eigenvalue weighted by Crippen LogP contribution is 2.65. The van der Waals surface area contributed by atoms with Crippen molar-refractivity contribution in [3.63, 3.8) is 0 Å². The molecule has 3 saturated carbocycles. The molecule has 1 heterocycles. The van der Waals surface area contributed by atoms with Gasteiger partial charge in [0.15, 0.2) is 5.78 Å². The molecular formula is C38H65N5O4. The molecule has 0 radical (unpaired) electrons. The van der Waals surface area contributed by atoms with Crippen LogP contribution in [0.5, 0.6) is 0 Å². The quantitative estimate of drug-likeness (QED) is 0.112. The number of nitrogens with one attached hydrogen (secondary N) is 3. The van der Waals surface area contributed by atoms with E-state index in [-0.39, 0.29) is 46.7 Å². The zero-order valence-electron chi connectivity index (χ0n) is 30.7. The fourth-order valence-electron chi connectivity index (χ4n) is 7.89. The number of rotatable bonds is 17. The van der Waals surface area contributed by atoms with Gasteiger partial charge < -0.3 is 36.1 Å². The van der Waals surface area contributed by atoms with Gasteiger partial charge in [-0.25, -0.2) is 0 Å². The Hall–Kier alpha value is -3.10. The SMILES string of the molecule is C=C(NC(C(=O)N1C[C@H]2C(C1C(=C)NC(CC1CCC1)C(=O)C(=C)N)C2(C)C)C(C)(C)C)N[C@H](COC(=C)OC)C1CCCC1.CC. The van der Waals surface area contributed by atoms with E-state index in [1.807, 2.05) is 18.7 Å². The maximum Gasteiger partial charge on any atom is 0.271 e. The van der Waals surface area contributed by atoms with Crippen molar-refractivity contribution in [1.82, 2.24) is 20.9 Å². The monoisotopic (exact) mass is 656 g/mol. The Labute approximate surface area is 285 Å². The molecule has 6 atom stereocenters. The van der Waals surface area contributed by atoms with Gasteiger partial charge in [-0.3, -0.25) is 9.59 Å². The molecule has 9 heteroatoms. The molecule has 1 amide bonds. The molecule has 1 aliphatic heterocycles. The molecule has 4 aliphatic rings. The molecule has 0 aromatic heterocycles. The van der Waals surface area contributed by atoms with Gasteiger partial charge in [-0.15, -0.1) is 0 Å². The predicted molar refractivity (Wildman–Crippen MR) is 190 cm³/mol. The lowest BCUT2D eigenvalue weighted by Gasteiger charge is -2.40. The smallest absolute Gasteiger partial charge is 0.271 e. The second-order valence-corrected chi connectivity index (χ2v) is 15.6. The molecule has 0 aromatic carbocycles. The predicted octanol–water partition coefficient (Wildman–Crippen LogP) is 5.96. The molecule has 266 valence electrons. The number of fused-ring (bicyclic) bond motifs is 1. The van der Waals surface area contributed by atoms with Crippen LogP contribution >= 0.6 is 0 Å². The van der Waals surface area contributed by atoms with Crippen LogP contribution in [0, 0.1) is 34.5 Å². The number of likely N-dealkylation sites (tertiary alicyclic amines) is 1. The molecule has 5 N–H and O–H groups in total. The molecular weight excluding hydrogens is 590 g/mol. The third-order valence-corrected chi connectivity index (χ3v) is 11.0. The molecule has 1 saturated heterocycles. The standard InChI is InChI=1S/C36H59N5O4.C2H6/c1-21(37)32(42)28(18-25-14-13-15-25)38-22(2)31-30-27(36(30,8)9)19-41(31)34(43)33(35(5,6)7)40-23(3)39-29(20-45-24(4)44-10)26-16-11-12-17-26;1-2/h25-31,33,38-40H,1-4,11-20,37H2,5-10H3;1-2H3/t27-,28?,29+,30?,31?,33?;/m0./s1. The van der Waals surface area contributed by atoms with E-state index < -0.39 is 17.5 Å². The van der Waals surface area contributed by atoms with Gasteiger partial charge in [0.1, 0.15) is 12.6 Å². The summed E-state index contributed by atoms with van der Waals surface area (Å²) in [4.78, 5) is 29.6. The summed E-state index contributed by atoms with van der Waals surface area (Å²) in [5.41, 5.74) is 6.33. The van der Waals surface area contributed by atoms with E-state index in [0.717, 1.165) is 25.7 Å². The van der Waals surface area contributed by atoms with Gasteiger partial charge in [0, 0.05) is 12.2 Å². The number of amides is 1. The first-order chi connectivity index (χ1) is 22.1. The van der Waals surface area contributed by atoms with Crippen LogP contribution in [0.4, 0.5) is 0 Å². The van der Waals surface area contributed by atoms with Crippen LogP contribution in [0.15, 0.2) is 49.5 Å². The van der Waals surface area contributed by atoms with Gasteiger partial charge in [-0.2, -0.15) is 0 Å². The molecule has 0 spiro atoms. The number of nitrogens with two attached hydrogens (primary N) is 1. The highest BCUT2D eigenvalue weighted by Gasteiger charge is 2.68. The minimum atomic E-state index is -0.538. The van der Waals surface area contributed by atoms with Crippen molar-refractivity contribution < 1.29 is 19.1 Å². The summed E-state index contributed by atoms with van der Waals surface area (Å²) in [6.07, 6.45) is 8.73. The van der Waals surface area contributed by atoms with Crippen molar-refractivity contribution in [1.29, 1.82) is 0 Å². The van der Waals surface area contributed by atoms with Crippen molar-refractivity contribution in [2.24, 2.45) is 40.2 Å². The number of Topliss-reactive ketones (excluding diaryl/α,β-unsaturated/α-hetero) is 1. The number of methoxy groups -OCH3 is 1. The fraction of sp³-hybridized carbons (Fsp3) is 0.737. The van der Waals surface area contributed by atoms with Crippen LogP contribution in [0.1, 0.15) is 99.8 Å². The van der Waals surface area contributed by atoms with Crippen molar-refractivity contribution in [3.05, 3.63) is 49.5 Å². The lowest BCUT2D eigenvalue weighted by Crippen LogP contribution is -2.58. The number of ketones is 1. The van der Waals surface area contributed by atoms with Gasteiger partial charge in [-0.1, -0.05) is 100 Å². The second kappa shape index (κ2) is 15.9. The lowest BCUT2D eigenvalue weighted by atomic mass is 9.79. The molecule has 9 nitrogen and oxygen atoms in total. The van der Waals surface area contributed by atoms with Crippen molar-refractivity contribution in [3.8, 4) is 0 Å². The van der Waals surface area contributed by atoms with E-state index in [4.69, 9.17) is 15.2 Å². The second-order valence-electron chi connectivity index (χ2n) is 15.6. The summed E-state index contributed by atoms with van der Waals surface area (Å²) in [5.74, 6) is 2.26. The zero-order valence-corrected chi connectivity index (χ0v) is 30.7. The summed E-state index contributed by atoms with van der Waals surface area (Å²) < 4.78 is 10.9. The highest BCUT2D eigenvalue weighted by molar-refractivity contribution is 5.98. The number of hydrogen-bond donors (Lipinski definition) is 4. The number of carbonyl (C=O) groups excluding carboxylic acids is 2. The van der Waals surface area contributed by atoms with Crippen molar-refractivity contribution >= 4 is 11.7 Å².